The van der Waals surface area contributed by atoms with Crippen LogP contribution in [0.5, 0.6) is 0 Å². The molecule has 5 heteroatoms. The first kappa shape index (κ1) is 21.5. The summed E-state index contributed by atoms with van der Waals surface area (Å²) in [6.45, 7) is 4.06. The average molecular weight is 437 g/mol. The zero-order chi connectivity index (χ0) is 22.2. The van der Waals surface area contributed by atoms with E-state index in [0.29, 0.717) is 17.9 Å². The minimum Gasteiger partial charge on any atom is -0.348 e. The van der Waals surface area contributed by atoms with Crippen LogP contribution in [-0.4, -0.2) is 17.4 Å². The highest BCUT2D eigenvalue weighted by molar-refractivity contribution is 7.87. The highest BCUT2D eigenvalue weighted by Gasteiger charge is 2.28. The molecule has 3 aromatic carbocycles. The SMILES string of the molecule is C=CCNC(=O)c1cccnc1N=P(c1ccccc1)(c1ccccc1)c1ccccc1. The number of rotatable bonds is 7. The molecule has 1 aromatic heterocycles. The molecule has 4 aromatic rings. The summed E-state index contributed by atoms with van der Waals surface area (Å²) in [4.78, 5) is 17.4. The monoisotopic (exact) mass is 437 g/mol. The number of hydrogen-bond donors (Lipinski definition) is 1. The van der Waals surface area contributed by atoms with Crippen molar-refractivity contribution in [1.29, 1.82) is 0 Å². The van der Waals surface area contributed by atoms with Gasteiger partial charge in [-0.15, -0.1) is 6.58 Å². The molecule has 32 heavy (non-hydrogen) atoms. The first-order valence-electron chi connectivity index (χ1n) is 10.4. The molecule has 0 aliphatic heterocycles. The van der Waals surface area contributed by atoms with Crippen molar-refractivity contribution in [1.82, 2.24) is 10.3 Å². The third-order valence-corrected chi connectivity index (χ3v) is 8.70. The number of nitrogens with zero attached hydrogens (tertiary/aromatic N) is 2. The fraction of sp³-hybridized carbons (Fsp3) is 0.0370. The topological polar surface area (TPSA) is 54.4 Å². The molecule has 1 N–H and O–H groups in total. The van der Waals surface area contributed by atoms with Crippen LogP contribution < -0.4 is 21.2 Å². The lowest BCUT2D eigenvalue weighted by Crippen LogP contribution is -2.26. The van der Waals surface area contributed by atoms with Crippen molar-refractivity contribution in [2.24, 2.45) is 4.74 Å². The van der Waals surface area contributed by atoms with Gasteiger partial charge < -0.3 is 5.32 Å². The zero-order valence-corrected chi connectivity index (χ0v) is 18.5. The predicted octanol–water partition coefficient (Wildman–Crippen LogP) is 4.81. The zero-order valence-electron chi connectivity index (χ0n) is 17.6. The van der Waals surface area contributed by atoms with Crippen LogP contribution in [0.15, 0.2) is 127 Å². The lowest BCUT2D eigenvalue weighted by molar-refractivity contribution is 0.0958. The third-order valence-electron chi connectivity index (χ3n) is 5.07. The van der Waals surface area contributed by atoms with E-state index < -0.39 is 7.05 Å². The number of pyridine rings is 1. The van der Waals surface area contributed by atoms with Crippen molar-refractivity contribution < 1.29 is 4.79 Å². The molecule has 0 aliphatic carbocycles. The van der Waals surface area contributed by atoms with E-state index in [4.69, 9.17) is 4.74 Å². The molecule has 0 aliphatic rings. The summed E-state index contributed by atoms with van der Waals surface area (Å²) in [5.41, 5.74) is 0.446. The van der Waals surface area contributed by atoms with Gasteiger partial charge in [0, 0.05) is 28.7 Å². The maximum Gasteiger partial charge on any atom is 0.255 e. The standard InChI is InChI=1S/C27H24N3OP/c1-2-20-29-27(31)25-19-12-21-28-26(25)30-32(22-13-6-3-7-14-22,23-15-8-4-9-16-23)24-17-10-5-11-18-24/h2-19,21H,1,20H2,(H,29,31). The number of amides is 1. The molecule has 1 amide bonds. The Morgan fingerprint density at radius 1 is 0.812 bits per heavy atom. The molecule has 0 spiro atoms. The van der Waals surface area contributed by atoms with Gasteiger partial charge in [0.2, 0.25) is 0 Å². The first-order chi connectivity index (χ1) is 15.8. The van der Waals surface area contributed by atoms with E-state index in [1.165, 1.54) is 0 Å². The molecule has 0 saturated carbocycles. The maximum absolute atomic E-state index is 12.9. The van der Waals surface area contributed by atoms with E-state index in [1.807, 2.05) is 54.6 Å². The predicted molar refractivity (Wildman–Crippen MR) is 134 cm³/mol. The second-order valence-corrected chi connectivity index (χ2v) is 10.1. The molecule has 4 rings (SSSR count). The Morgan fingerprint density at radius 2 is 1.31 bits per heavy atom. The molecule has 0 unspecified atom stereocenters. The van der Waals surface area contributed by atoms with Crippen LogP contribution in [0.2, 0.25) is 0 Å². The van der Waals surface area contributed by atoms with E-state index in [9.17, 15) is 4.79 Å². The Hall–Kier alpha value is -3.75. The second-order valence-electron chi connectivity index (χ2n) is 7.12. The Kier molecular flexibility index (Phi) is 6.74. The van der Waals surface area contributed by atoms with Crippen LogP contribution >= 0.6 is 7.05 Å². The van der Waals surface area contributed by atoms with Gasteiger partial charge in [0.25, 0.3) is 5.91 Å². The molecule has 0 atom stereocenters. The Labute approximate surface area is 188 Å². The molecule has 0 saturated heterocycles. The highest BCUT2D eigenvalue weighted by atomic mass is 31.2. The van der Waals surface area contributed by atoms with Crippen LogP contribution in [0.3, 0.4) is 0 Å². The van der Waals surface area contributed by atoms with Crippen molar-refractivity contribution in [3.05, 3.63) is 128 Å². The van der Waals surface area contributed by atoms with E-state index in [0.717, 1.165) is 15.9 Å². The van der Waals surface area contributed by atoms with Gasteiger partial charge in [0.15, 0.2) is 5.82 Å². The van der Waals surface area contributed by atoms with Gasteiger partial charge >= 0.3 is 0 Å². The van der Waals surface area contributed by atoms with Crippen LogP contribution in [0, 0.1) is 0 Å². The van der Waals surface area contributed by atoms with Gasteiger partial charge in [-0.25, -0.2) is 9.73 Å². The van der Waals surface area contributed by atoms with Gasteiger partial charge in [-0.1, -0.05) is 97.1 Å². The Morgan fingerprint density at radius 3 is 1.78 bits per heavy atom. The lowest BCUT2D eigenvalue weighted by Gasteiger charge is -2.27. The van der Waals surface area contributed by atoms with Crippen LogP contribution in [0.4, 0.5) is 5.82 Å². The minimum atomic E-state index is -2.51. The summed E-state index contributed by atoms with van der Waals surface area (Å²) in [6.07, 6.45) is 3.33. The smallest absolute Gasteiger partial charge is 0.255 e. The Balaban J connectivity index is 2.07. The van der Waals surface area contributed by atoms with Gasteiger partial charge in [-0.05, 0) is 12.1 Å². The van der Waals surface area contributed by atoms with E-state index in [1.54, 1.807) is 24.4 Å². The fourth-order valence-electron chi connectivity index (χ4n) is 3.61. The third kappa shape index (κ3) is 4.32. The maximum atomic E-state index is 12.9. The number of benzene rings is 3. The molecular weight excluding hydrogens is 413 g/mol. The average Bonchev–Trinajstić information content (AvgIpc) is 2.87. The second kappa shape index (κ2) is 10.0. The van der Waals surface area contributed by atoms with Crippen molar-refractivity contribution in [3.63, 3.8) is 0 Å². The van der Waals surface area contributed by atoms with Crippen molar-refractivity contribution in [3.8, 4) is 0 Å². The van der Waals surface area contributed by atoms with Crippen molar-refractivity contribution >= 4 is 34.7 Å². The molecule has 0 bridgehead atoms. The van der Waals surface area contributed by atoms with Crippen molar-refractivity contribution in [2.45, 2.75) is 0 Å². The lowest BCUT2D eigenvalue weighted by atomic mass is 10.2. The van der Waals surface area contributed by atoms with Crippen LogP contribution in [-0.2, 0) is 0 Å². The fourth-order valence-corrected chi connectivity index (χ4v) is 7.10. The highest BCUT2D eigenvalue weighted by Crippen LogP contribution is 2.49. The first-order valence-corrected chi connectivity index (χ1v) is 12.1. The largest absolute Gasteiger partial charge is 0.348 e. The molecule has 158 valence electrons. The minimum absolute atomic E-state index is 0.218. The summed E-state index contributed by atoms with van der Waals surface area (Å²) in [6, 6.07) is 34.4. The number of hydrogen-bond acceptors (Lipinski definition) is 3. The van der Waals surface area contributed by atoms with E-state index >= 15 is 0 Å². The summed E-state index contributed by atoms with van der Waals surface area (Å²) < 4.78 is 5.34. The molecular formula is C27H24N3OP. The number of carbonyl (C=O) groups excluding carboxylic acids is 1. The van der Waals surface area contributed by atoms with Crippen LogP contribution in [0.1, 0.15) is 10.4 Å². The van der Waals surface area contributed by atoms with Crippen LogP contribution in [0.25, 0.3) is 0 Å². The normalized spacial score (nSPS) is 10.9. The van der Waals surface area contributed by atoms with Crippen molar-refractivity contribution in [2.75, 3.05) is 6.54 Å². The molecule has 1 heterocycles. The summed E-state index contributed by atoms with van der Waals surface area (Å²) in [5.74, 6) is 0.211. The van der Waals surface area contributed by atoms with Gasteiger partial charge in [-0.2, -0.15) is 0 Å². The number of carbonyl (C=O) groups is 1. The van der Waals surface area contributed by atoms with Gasteiger partial charge in [0.1, 0.15) is 0 Å². The van der Waals surface area contributed by atoms with Gasteiger partial charge in [-0.3, -0.25) is 4.79 Å². The molecule has 0 fully saturated rings. The van der Waals surface area contributed by atoms with Gasteiger partial charge in [0.05, 0.1) is 12.6 Å². The molecule has 0 radical (unpaired) electrons. The number of aromatic nitrogens is 1. The molecule has 4 nitrogen and oxygen atoms in total. The number of nitrogens with one attached hydrogen (secondary N) is 1. The van der Waals surface area contributed by atoms with E-state index in [-0.39, 0.29) is 5.91 Å². The summed E-state index contributed by atoms with van der Waals surface area (Å²) in [5, 5.41) is 6.14. The quantitative estimate of drug-likeness (QED) is 0.333. The Bertz CT molecular complexity index is 1150. The summed E-state index contributed by atoms with van der Waals surface area (Å²) >= 11 is 0. The summed E-state index contributed by atoms with van der Waals surface area (Å²) in [7, 11) is -2.51. The van der Waals surface area contributed by atoms with E-state index in [2.05, 4.69) is 53.3 Å².